The fourth-order valence-electron chi connectivity index (χ4n) is 4.56. The number of benzene rings is 1. The first-order chi connectivity index (χ1) is 10.8. The summed E-state index contributed by atoms with van der Waals surface area (Å²) in [6, 6.07) is 5.83. The lowest BCUT2D eigenvalue weighted by Crippen LogP contribution is -2.65. The van der Waals surface area contributed by atoms with Crippen molar-refractivity contribution >= 4 is 29.3 Å². The molecule has 3 aliphatic heterocycles. The van der Waals surface area contributed by atoms with E-state index in [2.05, 4.69) is 15.4 Å². The summed E-state index contributed by atoms with van der Waals surface area (Å²) in [5, 5.41) is 7.99. The third-order valence-corrected chi connectivity index (χ3v) is 5.88. The first-order valence-corrected chi connectivity index (χ1v) is 8.17. The standard InChI is InChI=1S/C17H19N3O2.ClH/c21-16(12-1-2-14-13(9-12)10-18-22-14)19-15-11-3-7-20(8-4-11)17(15)5-6-17;/h1-2,9-11,15H,3-8H2,(H,19,21);1H/t15-;/m1./s1. The van der Waals surface area contributed by atoms with Crippen molar-refractivity contribution < 1.29 is 9.32 Å². The molecule has 0 unspecified atom stereocenters. The van der Waals surface area contributed by atoms with Crippen LogP contribution in [0.5, 0.6) is 0 Å². The molecule has 2 bridgehead atoms. The normalized spacial score (nSPS) is 30.2. The molecule has 1 aromatic carbocycles. The quantitative estimate of drug-likeness (QED) is 0.917. The summed E-state index contributed by atoms with van der Waals surface area (Å²) >= 11 is 0. The number of aromatic nitrogens is 1. The van der Waals surface area contributed by atoms with Gasteiger partial charge in [0, 0.05) is 16.5 Å². The Balaban J connectivity index is 0.00000135. The maximum atomic E-state index is 12.7. The molecule has 5 nitrogen and oxygen atoms in total. The summed E-state index contributed by atoms with van der Waals surface area (Å²) in [5.41, 5.74) is 1.69. The van der Waals surface area contributed by atoms with Crippen LogP contribution in [0.1, 0.15) is 36.0 Å². The van der Waals surface area contributed by atoms with E-state index in [0.29, 0.717) is 17.5 Å². The number of halogens is 1. The van der Waals surface area contributed by atoms with Gasteiger partial charge in [-0.15, -0.1) is 12.4 Å². The van der Waals surface area contributed by atoms with Crippen molar-refractivity contribution in [2.75, 3.05) is 13.1 Å². The Labute approximate surface area is 140 Å². The average molecular weight is 334 g/mol. The van der Waals surface area contributed by atoms with Crippen molar-refractivity contribution in [3.8, 4) is 0 Å². The van der Waals surface area contributed by atoms with Crippen molar-refractivity contribution in [2.24, 2.45) is 5.92 Å². The number of amides is 1. The lowest BCUT2D eigenvalue weighted by molar-refractivity contribution is -0.00144. The molecule has 1 aliphatic carbocycles. The number of fused-ring (bicyclic) bond motifs is 3. The van der Waals surface area contributed by atoms with Crippen LogP contribution in [-0.2, 0) is 0 Å². The Morgan fingerprint density at radius 1 is 1.30 bits per heavy atom. The Kier molecular flexibility index (Phi) is 3.39. The van der Waals surface area contributed by atoms with Crippen molar-refractivity contribution in [3.63, 3.8) is 0 Å². The topological polar surface area (TPSA) is 58.4 Å². The van der Waals surface area contributed by atoms with Gasteiger partial charge in [0.1, 0.15) is 0 Å². The minimum atomic E-state index is 0. The number of carbonyl (C=O) groups excluding carboxylic acids is 1. The summed E-state index contributed by atoms with van der Waals surface area (Å²) in [4.78, 5) is 15.3. The Morgan fingerprint density at radius 3 is 2.83 bits per heavy atom. The zero-order chi connectivity index (χ0) is 14.7. The van der Waals surface area contributed by atoms with Gasteiger partial charge >= 0.3 is 0 Å². The van der Waals surface area contributed by atoms with Crippen LogP contribution in [0.15, 0.2) is 28.9 Å². The highest BCUT2D eigenvalue weighted by Gasteiger charge is 2.60. The number of hydrogen-bond donors (Lipinski definition) is 1. The maximum absolute atomic E-state index is 12.7. The van der Waals surface area contributed by atoms with Crippen LogP contribution >= 0.6 is 12.4 Å². The predicted octanol–water partition coefficient (Wildman–Crippen LogP) is 2.61. The first-order valence-electron chi connectivity index (χ1n) is 8.17. The van der Waals surface area contributed by atoms with E-state index in [0.717, 1.165) is 11.0 Å². The van der Waals surface area contributed by atoms with Gasteiger partial charge in [-0.05, 0) is 62.9 Å². The van der Waals surface area contributed by atoms with Gasteiger partial charge in [0.25, 0.3) is 5.91 Å². The lowest BCUT2D eigenvalue weighted by Gasteiger charge is -2.52. The molecule has 2 aromatic rings. The monoisotopic (exact) mass is 333 g/mol. The van der Waals surface area contributed by atoms with Gasteiger partial charge in [0.2, 0.25) is 0 Å². The van der Waals surface area contributed by atoms with Crippen LogP contribution in [0.4, 0.5) is 0 Å². The third-order valence-electron chi connectivity index (χ3n) is 5.88. The summed E-state index contributed by atoms with van der Waals surface area (Å²) in [5.74, 6) is 0.684. The van der Waals surface area contributed by atoms with E-state index < -0.39 is 0 Å². The smallest absolute Gasteiger partial charge is 0.251 e. The number of nitrogens with zero attached hydrogens (tertiary/aromatic N) is 2. The minimum absolute atomic E-state index is 0. The summed E-state index contributed by atoms with van der Waals surface area (Å²) in [7, 11) is 0. The molecule has 4 heterocycles. The SMILES string of the molecule is Cl.O=C(N[C@@H]1C2CCN(CC2)C12CC2)c1ccc2oncc2c1. The Morgan fingerprint density at radius 2 is 2.09 bits per heavy atom. The van der Waals surface area contributed by atoms with Gasteiger partial charge in [-0.2, -0.15) is 0 Å². The van der Waals surface area contributed by atoms with Crippen molar-refractivity contribution in [1.29, 1.82) is 0 Å². The van der Waals surface area contributed by atoms with Crippen molar-refractivity contribution in [3.05, 3.63) is 30.0 Å². The van der Waals surface area contributed by atoms with Crippen LogP contribution < -0.4 is 5.32 Å². The van der Waals surface area contributed by atoms with Crippen molar-refractivity contribution in [2.45, 2.75) is 37.3 Å². The molecular formula is C17H20ClN3O2. The largest absolute Gasteiger partial charge is 0.356 e. The summed E-state index contributed by atoms with van der Waals surface area (Å²) < 4.78 is 5.10. The van der Waals surface area contributed by atoms with E-state index in [1.807, 2.05) is 18.2 Å². The average Bonchev–Trinajstić information content (AvgIpc) is 3.18. The summed E-state index contributed by atoms with van der Waals surface area (Å²) in [6.07, 6.45) is 6.57. The molecule has 1 spiro atoms. The fraction of sp³-hybridized carbons (Fsp3) is 0.529. The van der Waals surface area contributed by atoms with Crippen LogP contribution in [-0.4, -0.2) is 40.6 Å². The molecule has 23 heavy (non-hydrogen) atoms. The Bertz CT molecular complexity index is 747. The molecule has 1 N–H and O–H groups in total. The van der Waals surface area contributed by atoms with E-state index in [4.69, 9.17) is 4.52 Å². The highest BCUT2D eigenvalue weighted by molar-refractivity contribution is 5.97. The second kappa shape index (κ2) is 5.21. The van der Waals surface area contributed by atoms with Gasteiger partial charge in [-0.3, -0.25) is 9.69 Å². The van der Waals surface area contributed by atoms with E-state index in [9.17, 15) is 4.79 Å². The molecule has 3 saturated heterocycles. The highest BCUT2D eigenvalue weighted by Crippen LogP contribution is 2.53. The number of rotatable bonds is 2. The molecule has 1 atom stereocenters. The molecule has 4 fully saturated rings. The molecular weight excluding hydrogens is 314 g/mol. The number of carbonyl (C=O) groups is 1. The van der Waals surface area contributed by atoms with Crippen LogP contribution in [0.2, 0.25) is 0 Å². The minimum Gasteiger partial charge on any atom is -0.356 e. The Hall–Kier alpha value is -1.59. The van der Waals surface area contributed by atoms with E-state index in [1.165, 1.54) is 38.8 Å². The van der Waals surface area contributed by atoms with E-state index in [1.54, 1.807) is 6.20 Å². The van der Waals surface area contributed by atoms with Crippen LogP contribution in [0, 0.1) is 5.92 Å². The molecule has 0 radical (unpaired) electrons. The van der Waals surface area contributed by atoms with E-state index in [-0.39, 0.29) is 23.9 Å². The first kappa shape index (κ1) is 15.0. The third kappa shape index (κ3) is 2.17. The van der Waals surface area contributed by atoms with Crippen LogP contribution in [0.25, 0.3) is 11.0 Å². The fourth-order valence-corrected chi connectivity index (χ4v) is 4.56. The lowest BCUT2D eigenvalue weighted by atomic mass is 9.77. The number of hydrogen-bond acceptors (Lipinski definition) is 4. The number of nitrogens with one attached hydrogen (secondary N) is 1. The predicted molar refractivity (Wildman–Crippen MR) is 88.8 cm³/mol. The molecule has 1 saturated carbocycles. The summed E-state index contributed by atoms with van der Waals surface area (Å²) in [6.45, 7) is 2.42. The second-order valence-electron chi connectivity index (χ2n) is 6.96. The van der Waals surface area contributed by atoms with Gasteiger partial charge in [0.05, 0.1) is 12.2 Å². The van der Waals surface area contributed by atoms with Gasteiger partial charge in [-0.1, -0.05) is 5.16 Å². The second-order valence-corrected chi connectivity index (χ2v) is 6.96. The molecule has 4 aliphatic rings. The zero-order valence-electron chi connectivity index (χ0n) is 12.8. The van der Waals surface area contributed by atoms with E-state index >= 15 is 0 Å². The zero-order valence-corrected chi connectivity index (χ0v) is 13.6. The highest BCUT2D eigenvalue weighted by atomic mass is 35.5. The van der Waals surface area contributed by atoms with Crippen molar-refractivity contribution in [1.82, 2.24) is 15.4 Å². The van der Waals surface area contributed by atoms with Gasteiger partial charge in [-0.25, -0.2) is 0 Å². The molecule has 1 aromatic heterocycles. The van der Waals surface area contributed by atoms with Gasteiger partial charge < -0.3 is 9.84 Å². The van der Waals surface area contributed by atoms with Gasteiger partial charge in [0.15, 0.2) is 5.58 Å². The van der Waals surface area contributed by atoms with Crippen LogP contribution in [0.3, 0.4) is 0 Å². The molecule has 122 valence electrons. The molecule has 6 heteroatoms. The maximum Gasteiger partial charge on any atom is 0.251 e. The number of piperidine rings is 3. The molecule has 1 amide bonds. The molecule has 6 rings (SSSR count).